The molecule has 0 saturated carbocycles. The molecule has 2 aromatic heterocycles. The summed E-state index contributed by atoms with van der Waals surface area (Å²) in [6, 6.07) is 9.59. The highest BCUT2D eigenvalue weighted by Gasteiger charge is 2.33. The van der Waals surface area contributed by atoms with E-state index in [4.69, 9.17) is 14.7 Å². The summed E-state index contributed by atoms with van der Waals surface area (Å²) >= 11 is 1.40. The van der Waals surface area contributed by atoms with Crippen LogP contribution in [0, 0.1) is 0 Å². The van der Waals surface area contributed by atoms with Crippen molar-refractivity contribution in [1.82, 2.24) is 24.8 Å². The summed E-state index contributed by atoms with van der Waals surface area (Å²) < 4.78 is 6.96. The van der Waals surface area contributed by atoms with Gasteiger partial charge in [-0.1, -0.05) is 41.7 Å². The lowest BCUT2D eigenvalue weighted by Gasteiger charge is -2.34. The van der Waals surface area contributed by atoms with Gasteiger partial charge < -0.3 is 24.8 Å². The van der Waals surface area contributed by atoms with Crippen LogP contribution in [0.3, 0.4) is 0 Å². The summed E-state index contributed by atoms with van der Waals surface area (Å²) in [7, 11) is 3.73. The molecule has 0 aliphatic carbocycles. The van der Waals surface area contributed by atoms with E-state index in [-0.39, 0.29) is 17.5 Å². The summed E-state index contributed by atoms with van der Waals surface area (Å²) in [5.74, 6) is 0.658. The number of ether oxygens (including phenoxy) is 1. The van der Waals surface area contributed by atoms with E-state index in [1.165, 1.54) is 11.3 Å². The molecule has 2 aliphatic heterocycles. The highest BCUT2D eigenvalue weighted by atomic mass is 32.1. The fraction of sp³-hybridized carbons (Fsp3) is 0.520. The topological polar surface area (TPSA) is 95.8 Å². The Kier molecular flexibility index (Phi) is 7.49. The van der Waals surface area contributed by atoms with Crippen molar-refractivity contribution < 1.29 is 9.53 Å². The second-order valence-corrected chi connectivity index (χ2v) is 10.3. The van der Waals surface area contributed by atoms with Gasteiger partial charge >= 0.3 is 0 Å². The number of nitrogens with zero attached hydrogens (tertiary/aromatic N) is 6. The minimum absolute atomic E-state index is 0.0146. The quantitative estimate of drug-likeness (QED) is 0.487. The molecule has 192 valence electrons. The van der Waals surface area contributed by atoms with Crippen LogP contribution in [0.5, 0.6) is 0 Å². The summed E-state index contributed by atoms with van der Waals surface area (Å²) in [5.41, 5.74) is 1.27. The van der Waals surface area contributed by atoms with Crippen LogP contribution in [-0.4, -0.2) is 84.9 Å². The molecule has 1 N–H and O–H groups in total. The van der Waals surface area contributed by atoms with E-state index in [1.54, 1.807) is 11.7 Å². The second kappa shape index (κ2) is 10.9. The lowest BCUT2D eigenvalue weighted by Crippen LogP contribution is -2.47. The molecule has 11 heteroatoms. The third kappa shape index (κ3) is 5.09. The third-order valence-electron chi connectivity index (χ3n) is 6.90. The molecule has 0 radical (unpaired) electrons. The number of nitrogens with one attached hydrogen (secondary N) is 1. The molecule has 1 atom stereocenters. The summed E-state index contributed by atoms with van der Waals surface area (Å²) in [4.78, 5) is 43.3. The molecule has 1 aromatic carbocycles. The first-order valence-corrected chi connectivity index (χ1v) is 13.3. The number of methoxy groups -OCH3 is 1. The van der Waals surface area contributed by atoms with Crippen molar-refractivity contribution in [2.75, 3.05) is 63.3 Å². The second-order valence-electron chi connectivity index (χ2n) is 9.36. The fourth-order valence-electron chi connectivity index (χ4n) is 4.81. The van der Waals surface area contributed by atoms with Gasteiger partial charge in [-0.15, -0.1) is 0 Å². The van der Waals surface area contributed by atoms with Gasteiger partial charge in [0.05, 0.1) is 13.2 Å². The highest BCUT2D eigenvalue weighted by molar-refractivity contribution is 7.21. The number of fused-ring (bicyclic) bond motifs is 1. The molecule has 0 spiro atoms. The number of aromatic nitrogens is 3. The minimum atomic E-state index is -0.304. The number of rotatable bonds is 8. The van der Waals surface area contributed by atoms with Crippen LogP contribution in [0.25, 0.3) is 10.3 Å². The van der Waals surface area contributed by atoms with Crippen molar-refractivity contribution in [2.45, 2.75) is 32.0 Å². The van der Waals surface area contributed by atoms with Gasteiger partial charge in [0.2, 0.25) is 11.9 Å². The van der Waals surface area contributed by atoms with Gasteiger partial charge in [-0.05, 0) is 25.5 Å². The zero-order valence-electron chi connectivity index (χ0n) is 20.9. The maximum absolute atomic E-state index is 13.5. The lowest BCUT2D eigenvalue weighted by molar-refractivity contribution is -0.122. The normalized spacial score (nSPS) is 18.8. The van der Waals surface area contributed by atoms with E-state index in [1.807, 2.05) is 35.2 Å². The van der Waals surface area contributed by atoms with Crippen molar-refractivity contribution in [3.05, 3.63) is 46.2 Å². The molecule has 5 rings (SSSR count). The van der Waals surface area contributed by atoms with Crippen LogP contribution in [-0.2, 0) is 22.6 Å². The van der Waals surface area contributed by atoms with Crippen molar-refractivity contribution in [2.24, 2.45) is 0 Å². The minimum Gasteiger partial charge on any atom is -0.383 e. The molecule has 3 aromatic rings. The highest BCUT2D eigenvalue weighted by Crippen LogP contribution is 2.32. The number of piperazine rings is 1. The first-order valence-electron chi connectivity index (χ1n) is 12.5. The number of thiazole rings is 1. The Labute approximate surface area is 214 Å². The van der Waals surface area contributed by atoms with Gasteiger partial charge in [-0.25, -0.2) is 9.97 Å². The number of carbonyl (C=O) groups is 1. The average molecular weight is 512 g/mol. The van der Waals surface area contributed by atoms with Crippen molar-refractivity contribution in [1.29, 1.82) is 0 Å². The van der Waals surface area contributed by atoms with Crippen molar-refractivity contribution in [3.8, 4) is 0 Å². The Balaban J connectivity index is 1.42. The average Bonchev–Trinajstić information content (AvgIpc) is 3.55. The third-order valence-corrected chi connectivity index (χ3v) is 7.89. The number of amides is 1. The Morgan fingerprint density at radius 3 is 2.67 bits per heavy atom. The molecule has 1 unspecified atom stereocenters. The Morgan fingerprint density at radius 2 is 1.92 bits per heavy atom. The van der Waals surface area contributed by atoms with Gasteiger partial charge in [0, 0.05) is 46.4 Å². The number of anilines is 2. The summed E-state index contributed by atoms with van der Waals surface area (Å²) in [6.45, 7) is 5.50. The monoisotopic (exact) mass is 511 g/mol. The van der Waals surface area contributed by atoms with Crippen LogP contribution in [0.15, 0.2) is 35.1 Å². The van der Waals surface area contributed by atoms with Gasteiger partial charge in [0.25, 0.3) is 5.56 Å². The van der Waals surface area contributed by atoms with Crippen molar-refractivity contribution >= 4 is 38.7 Å². The summed E-state index contributed by atoms with van der Waals surface area (Å²) in [6.07, 6.45) is 1.66. The standard InChI is InChI=1S/C25H33N7O3S/c1-29-11-13-30(14-12-29)24-28-22-20(23(34)32(24)15-16-35-2)27-25(36-22)31-10-6-9-19(31)21(33)26-17-18-7-4-3-5-8-18/h3-5,7-8,19H,6,9-17H2,1-2H3,(H,26,33). The molecule has 1 amide bonds. The Hall–Kier alpha value is -3.02. The van der Waals surface area contributed by atoms with E-state index >= 15 is 0 Å². The number of carbonyl (C=O) groups excluding carboxylic acids is 1. The van der Waals surface area contributed by atoms with Crippen LogP contribution < -0.4 is 20.7 Å². The van der Waals surface area contributed by atoms with Gasteiger partial charge in [-0.3, -0.25) is 14.2 Å². The smallest absolute Gasteiger partial charge is 0.282 e. The molecular formula is C25H33N7O3S. The zero-order chi connectivity index (χ0) is 25.1. The van der Waals surface area contributed by atoms with E-state index in [9.17, 15) is 9.59 Å². The summed E-state index contributed by atoms with van der Waals surface area (Å²) in [5, 5.41) is 3.75. The van der Waals surface area contributed by atoms with Crippen LogP contribution in [0.1, 0.15) is 18.4 Å². The van der Waals surface area contributed by atoms with Gasteiger partial charge in [0.15, 0.2) is 15.5 Å². The molecule has 2 fully saturated rings. The molecule has 36 heavy (non-hydrogen) atoms. The molecule has 2 aliphatic rings. The van der Waals surface area contributed by atoms with Gasteiger partial charge in [0.1, 0.15) is 6.04 Å². The maximum atomic E-state index is 13.5. The van der Waals surface area contributed by atoms with Crippen molar-refractivity contribution in [3.63, 3.8) is 0 Å². The maximum Gasteiger partial charge on any atom is 0.282 e. The van der Waals surface area contributed by atoms with Crippen LogP contribution in [0.2, 0.25) is 0 Å². The van der Waals surface area contributed by atoms with E-state index in [2.05, 4.69) is 22.2 Å². The number of likely N-dealkylation sites (N-methyl/N-ethyl adjacent to an activating group) is 1. The molecule has 10 nitrogen and oxygen atoms in total. The van der Waals surface area contributed by atoms with E-state index in [0.29, 0.717) is 41.1 Å². The van der Waals surface area contributed by atoms with Crippen LogP contribution >= 0.6 is 11.3 Å². The largest absolute Gasteiger partial charge is 0.383 e. The van der Waals surface area contributed by atoms with E-state index in [0.717, 1.165) is 51.1 Å². The van der Waals surface area contributed by atoms with Crippen LogP contribution in [0.4, 0.5) is 11.1 Å². The number of hydrogen-bond acceptors (Lipinski definition) is 9. The first-order chi connectivity index (χ1) is 17.5. The fourth-order valence-corrected chi connectivity index (χ4v) is 5.81. The lowest BCUT2D eigenvalue weighted by atomic mass is 10.2. The Morgan fingerprint density at radius 1 is 1.14 bits per heavy atom. The number of benzene rings is 1. The predicted molar refractivity (Wildman–Crippen MR) is 142 cm³/mol. The predicted octanol–water partition coefficient (Wildman–Crippen LogP) is 1.54. The van der Waals surface area contributed by atoms with E-state index < -0.39 is 0 Å². The molecular weight excluding hydrogens is 478 g/mol. The zero-order valence-corrected chi connectivity index (χ0v) is 21.7. The molecule has 4 heterocycles. The SMILES string of the molecule is COCCn1c(N2CCN(C)CC2)nc2sc(N3CCCC3C(=O)NCc3ccccc3)nc2c1=O. The molecule has 0 bridgehead atoms. The first kappa shape index (κ1) is 24.7. The molecule has 2 saturated heterocycles. The Bertz CT molecular complexity index is 1250. The number of hydrogen-bond donors (Lipinski definition) is 1. The van der Waals surface area contributed by atoms with Gasteiger partial charge in [-0.2, -0.15) is 0 Å².